The first-order valence-corrected chi connectivity index (χ1v) is 7.33. The maximum atomic E-state index is 12.8. The number of hydrogen-bond donors (Lipinski definition) is 2. The number of carbonyl (C=O) groups is 2. The quantitative estimate of drug-likeness (QED) is 0.769. The van der Waals surface area contributed by atoms with Gasteiger partial charge in [-0.05, 0) is 38.5 Å². The van der Waals surface area contributed by atoms with E-state index in [0.717, 1.165) is 0 Å². The van der Waals surface area contributed by atoms with Crippen LogP contribution in [0.15, 0.2) is 28.8 Å². The van der Waals surface area contributed by atoms with Crippen molar-refractivity contribution in [3.63, 3.8) is 0 Å². The molecule has 0 aliphatic carbocycles. The molecule has 2 heterocycles. The van der Waals surface area contributed by atoms with E-state index in [2.05, 4.69) is 15.5 Å². The highest BCUT2D eigenvalue weighted by Crippen LogP contribution is 2.24. The van der Waals surface area contributed by atoms with E-state index in [1.54, 1.807) is 45.0 Å². The first kappa shape index (κ1) is 15.7. The number of hydrogen-bond acceptors (Lipinski definition) is 5. The third-order valence-electron chi connectivity index (χ3n) is 3.76. The van der Waals surface area contributed by atoms with Gasteiger partial charge in [-0.15, -0.1) is 0 Å². The summed E-state index contributed by atoms with van der Waals surface area (Å²) in [7, 11) is 0. The summed E-state index contributed by atoms with van der Waals surface area (Å²) in [4.78, 5) is 28.7. The number of amides is 2. The minimum atomic E-state index is -0.597. The number of primary amides is 1. The molecule has 2 amide bonds. The Morgan fingerprint density at radius 2 is 1.96 bits per heavy atom. The van der Waals surface area contributed by atoms with Crippen molar-refractivity contribution in [3.8, 4) is 0 Å². The molecule has 3 aromatic rings. The summed E-state index contributed by atoms with van der Waals surface area (Å²) < 4.78 is 5.14. The summed E-state index contributed by atoms with van der Waals surface area (Å²) in [5.74, 6) is -0.981. The summed E-state index contributed by atoms with van der Waals surface area (Å²) in [6.45, 7) is 5.26. The zero-order chi connectivity index (χ0) is 17.4. The van der Waals surface area contributed by atoms with Crippen LogP contribution in [0.5, 0.6) is 0 Å². The second-order valence-electron chi connectivity index (χ2n) is 5.58. The van der Waals surface area contributed by atoms with Gasteiger partial charge in [0.2, 0.25) is 0 Å². The van der Waals surface area contributed by atoms with E-state index >= 15 is 0 Å². The number of rotatable bonds is 3. The van der Waals surface area contributed by atoms with Gasteiger partial charge in [-0.2, -0.15) is 0 Å². The van der Waals surface area contributed by atoms with Crippen molar-refractivity contribution in [2.75, 3.05) is 5.32 Å². The second-order valence-corrected chi connectivity index (χ2v) is 5.58. The monoisotopic (exact) mass is 324 g/mol. The molecule has 7 heteroatoms. The molecule has 1 aromatic carbocycles. The summed E-state index contributed by atoms with van der Waals surface area (Å²) in [6, 6.07) is 6.79. The Morgan fingerprint density at radius 3 is 2.67 bits per heavy atom. The van der Waals surface area contributed by atoms with Gasteiger partial charge in [-0.25, -0.2) is 4.98 Å². The van der Waals surface area contributed by atoms with Gasteiger partial charge in [0.1, 0.15) is 0 Å². The predicted molar refractivity (Wildman–Crippen MR) is 88.9 cm³/mol. The van der Waals surface area contributed by atoms with Crippen molar-refractivity contribution < 1.29 is 14.1 Å². The van der Waals surface area contributed by atoms with Crippen molar-refractivity contribution in [2.24, 2.45) is 5.73 Å². The van der Waals surface area contributed by atoms with Crippen LogP contribution in [0.4, 0.5) is 5.69 Å². The molecular formula is C17H16N4O3. The number of aromatic nitrogens is 2. The van der Waals surface area contributed by atoms with Crippen LogP contribution in [0, 0.1) is 20.8 Å². The van der Waals surface area contributed by atoms with Crippen LogP contribution in [-0.2, 0) is 0 Å². The summed E-state index contributed by atoms with van der Waals surface area (Å²) >= 11 is 0. The van der Waals surface area contributed by atoms with Gasteiger partial charge in [-0.1, -0.05) is 17.3 Å². The van der Waals surface area contributed by atoms with Gasteiger partial charge < -0.3 is 15.6 Å². The normalized spacial score (nSPS) is 10.8. The average molecular weight is 324 g/mol. The third-order valence-corrected chi connectivity index (χ3v) is 3.76. The lowest BCUT2D eigenvalue weighted by atomic mass is 10.0. The summed E-state index contributed by atoms with van der Waals surface area (Å²) in [6.07, 6.45) is 0. The van der Waals surface area contributed by atoms with E-state index in [-0.39, 0.29) is 11.5 Å². The molecule has 122 valence electrons. The fraction of sp³-hybridized carbons (Fsp3) is 0.176. The van der Waals surface area contributed by atoms with Gasteiger partial charge in [0.05, 0.1) is 27.9 Å². The van der Waals surface area contributed by atoms with Gasteiger partial charge in [0, 0.05) is 5.69 Å². The van der Waals surface area contributed by atoms with Crippen LogP contribution in [0.25, 0.3) is 11.1 Å². The van der Waals surface area contributed by atoms with Crippen molar-refractivity contribution in [1.82, 2.24) is 10.1 Å². The highest BCUT2D eigenvalue weighted by atomic mass is 16.5. The molecule has 24 heavy (non-hydrogen) atoms. The fourth-order valence-corrected chi connectivity index (χ4v) is 2.69. The lowest BCUT2D eigenvalue weighted by Gasteiger charge is -2.12. The Labute approximate surface area is 137 Å². The molecule has 3 N–H and O–H groups in total. The topological polar surface area (TPSA) is 111 Å². The zero-order valence-corrected chi connectivity index (χ0v) is 13.5. The zero-order valence-electron chi connectivity index (χ0n) is 13.5. The predicted octanol–water partition coefficient (Wildman–Crippen LogP) is 2.50. The molecule has 0 unspecified atom stereocenters. The number of anilines is 1. The number of pyridine rings is 1. The molecule has 0 spiro atoms. The molecule has 0 saturated heterocycles. The maximum absolute atomic E-state index is 12.8. The van der Waals surface area contributed by atoms with E-state index in [1.807, 2.05) is 0 Å². The van der Waals surface area contributed by atoms with E-state index < -0.39 is 5.91 Å². The number of nitrogens with one attached hydrogen (secondary N) is 1. The minimum Gasteiger partial charge on any atom is -0.366 e. The average Bonchev–Trinajstić information content (AvgIpc) is 2.87. The van der Waals surface area contributed by atoms with Gasteiger partial charge in [-0.3, -0.25) is 9.59 Å². The van der Waals surface area contributed by atoms with Crippen molar-refractivity contribution in [3.05, 3.63) is 52.3 Å². The number of fused-ring (bicyclic) bond motifs is 1. The smallest absolute Gasteiger partial charge is 0.258 e. The molecule has 0 aliphatic heterocycles. The van der Waals surface area contributed by atoms with Crippen LogP contribution in [-0.4, -0.2) is 22.0 Å². The van der Waals surface area contributed by atoms with Crippen molar-refractivity contribution in [1.29, 1.82) is 0 Å². The Hall–Kier alpha value is -3.22. The number of nitrogens with two attached hydrogens (primary N) is 1. The van der Waals surface area contributed by atoms with Crippen LogP contribution >= 0.6 is 0 Å². The van der Waals surface area contributed by atoms with Crippen molar-refractivity contribution >= 4 is 28.6 Å². The molecule has 0 radical (unpaired) electrons. The lowest BCUT2D eigenvalue weighted by Crippen LogP contribution is -2.19. The highest BCUT2D eigenvalue weighted by Gasteiger charge is 2.20. The molecule has 0 atom stereocenters. The molecular weight excluding hydrogens is 308 g/mol. The number of aryl methyl sites for hydroxylation is 3. The van der Waals surface area contributed by atoms with E-state index in [0.29, 0.717) is 39.3 Å². The number of carbonyl (C=O) groups excluding carboxylic acids is 2. The van der Waals surface area contributed by atoms with Crippen LogP contribution in [0.3, 0.4) is 0 Å². The third kappa shape index (κ3) is 2.60. The van der Waals surface area contributed by atoms with E-state index in [1.165, 1.54) is 0 Å². The first-order chi connectivity index (χ1) is 11.4. The molecule has 0 bridgehead atoms. The van der Waals surface area contributed by atoms with Crippen LogP contribution in [0.2, 0.25) is 0 Å². The Bertz CT molecular complexity index is 975. The first-order valence-electron chi connectivity index (χ1n) is 7.33. The Kier molecular flexibility index (Phi) is 3.76. The molecule has 7 nitrogen and oxygen atoms in total. The van der Waals surface area contributed by atoms with Gasteiger partial charge in [0.25, 0.3) is 17.5 Å². The summed E-state index contributed by atoms with van der Waals surface area (Å²) in [5.41, 5.74) is 8.66. The fourth-order valence-electron chi connectivity index (χ4n) is 2.69. The molecule has 2 aromatic heterocycles. The Morgan fingerprint density at radius 1 is 1.21 bits per heavy atom. The maximum Gasteiger partial charge on any atom is 0.258 e. The Balaban J connectivity index is 2.08. The van der Waals surface area contributed by atoms with E-state index in [4.69, 9.17) is 10.3 Å². The molecule has 0 saturated carbocycles. The molecule has 0 aliphatic rings. The van der Waals surface area contributed by atoms with E-state index in [9.17, 15) is 9.59 Å². The minimum absolute atomic E-state index is 0.287. The molecule has 0 fully saturated rings. The highest BCUT2D eigenvalue weighted by molar-refractivity contribution is 6.14. The second kappa shape index (κ2) is 5.77. The number of benzene rings is 1. The lowest BCUT2D eigenvalue weighted by molar-refractivity contribution is 0.100. The number of nitrogens with zero attached hydrogens (tertiary/aromatic N) is 2. The molecule has 3 rings (SSSR count). The summed E-state index contributed by atoms with van der Waals surface area (Å²) in [5, 5.41) is 7.15. The SMILES string of the molecule is Cc1cc(C(=O)Nc2cccc(C)c2C(N)=O)c2c(C)noc2n1. The standard InChI is InChI=1S/C17H16N4O3/c1-8-5-4-6-12(13(8)15(18)22)20-16(23)11-7-9(2)19-17-14(11)10(3)21-24-17/h4-7H,1-3H3,(H2,18,22)(H,20,23). The van der Waals surface area contributed by atoms with Gasteiger partial charge in [0.15, 0.2) is 0 Å². The van der Waals surface area contributed by atoms with Crippen LogP contribution in [0.1, 0.15) is 37.7 Å². The van der Waals surface area contributed by atoms with Gasteiger partial charge >= 0.3 is 0 Å². The van der Waals surface area contributed by atoms with Crippen LogP contribution < -0.4 is 11.1 Å². The van der Waals surface area contributed by atoms with Crippen molar-refractivity contribution in [2.45, 2.75) is 20.8 Å². The largest absolute Gasteiger partial charge is 0.366 e.